The maximum atomic E-state index is 7.39. The summed E-state index contributed by atoms with van der Waals surface area (Å²) in [4.78, 5) is 4.96. The Labute approximate surface area is 115 Å². The fraction of sp³-hybridized carbons (Fsp3) is 0.533. The number of hydrogen-bond donors (Lipinski definition) is 2. The molecule has 1 saturated heterocycles. The third kappa shape index (κ3) is 3.55. The van der Waals surface area contributed by atoms with E-state index >= 15 is 0 Å². The monoisotopic (exact) mass is 260 g/mol. The first-order valence-electron chi connectivity index (χ1n) is 6.96. The van der Waals surface area contributed by atoms with Crippen LogP contribution in [0.25, 0.3) is 0 Å². The van der Waals surface area contributed by atoms with Crippen LogP contribution in [0, 0.1) is 5.41 Å². The molecule has 0 bridgehead atoms. The molecule has 1 unspecified atom stereocenters. The van der Waals surface area contributed by atoms with Gasteiger partial charge in [-0.1, -0.05) is 31.2 Å². The molecule has 0 saturated carbocycles. The van der Waals surface area contributed by atoms with E-state index in [1.807, 2.05) is 12.1 Å². The van der Waals surface area contributed by atoms with Gasteiger partial charge in [-0.3, -0.25) is 10.3 Å². The van der Waals surface area contributed by atoms with Crippen molar-refractivity contribution in [2.75, 3.05) is 26.7 Å². The molecule has 104 valence electrons. The summed E-state index contributed by atoms with van der Waals surface area (Å²) < 4.78 is 0. The van der Waals surface area contributed by atoms with Crippen LogP contribution in [0.3, 0.4) is 0 Å². The van der Waals surface area contributed by atoms with Crippen LogP contribution in [0.1, 0.15) is 24.5 Å². The van der Waals surface area contributed by atoms with Crippen LogP contribution in [-0.4, -0.2) is 48.4 Å². The average molecular weight is 260 g/mol. The Hall–Kier alpha value is -1.39. The number of nitrogens with zero attached hydrogens (tertiary/aromatic N) is 2. The van der Waals surface area contributed by atoms with Crippen molar-refractivity contribution >= 4 is 5.84 Å². The van der Waals surface area contributed by atoms with Gasteiger partial charge in [-0.15, -0.1) is 0 Å². The summed E-state index contributed by atoms with van der Waals surface area (Å²) in [6.07, 6.45) is 1.20. The highest BCUT2D eigenvalue weighted by Crippen LogP contribution is 2.14. The normalized spacial score (nSPS) is 21.5. The lowest BCUT2D eigenvalue weighted by molar-refractivity contribution is 0.0884. The first-order valence-corrected chi connectivity index (χ1v) is 6.96. The molecule has 0 radical (unpaired) electrons. The van der Waals surface area contributed by atoms with Gasteiger partial charge in [-0.2, -0.15) is 0 Å². The zero-order chi connectivity index (χ0) is 13.8. The molecule has 0 amide bonds. The summed E-state index contributed by atoms with van der Waals surface area (Å²) >= 11 is 0. The molecule has 1 aliphatic heterocycles. The minimum absolute atomic E-state index is 0.136. The van der Waals surface area contributed by atoms with E-state index in [-0.39, 0.29) is 5.84 Å². The molecule has 1 aromatic carbocycles. The van der Waals surface area contributed by atoms with Gasteiger partial charge in [0.1, 0.15) is 5.84 Å². The zero-order valence-corrected chi connectivity index (χ0v) is 11.9. The second-order valence-electron chi connectivity index (χ2n) is 5.39. The minimum atomic E-state index is 0.136. The number of nitrogen functional groups attached to an aromatic ring is 1. The third-order valence-electron chi connectivity index (χ3n) is 4.00. The van der Waals surface area contributed by atoms with E-state index in [0.717, 1.165) is 31.7 Å². The van der Waals surface area contributed by atoms with E-state index in [2.05, 4.69) is 35.9 Å². The largest absolute Gasteiger partial charge is 0.384 e. The number of rotatable bonds is 4. The van der Waals surface area contributed by atoms with Crippen LogP contribution < -0.4 is 5.73 Å². The Balaban J connectivity index is 1.95. The lowest BCUT2D eigenvalue weighted by Gasteiger charge is -2.39. The number of piperazine rings is 1. The van der Waals surface area contributed by atoms with Crippen molar-refractivity contribution in [1.29, 1.82) is 5.41 Å². The third-order valence-corrected chi connectivity index (χ3v) is 4.00. The summed E-state index contributed by atoms with van der Waals surface area (Å²) in [5.41, 5.74) is 7.56. The van der Waals surface area contributed by atoms with Crippen molar-refractivity contribution in [2.45, 2.75) is 25.9 Å². The molecule has 1 atom stereocenters. The highest BCUT2D eigenvalue weighted by Gasteiger charge is 2.22. The molecule has 0 aliphatic carbocycles. The zero-order valence-electron chi connectivity index (χ0n) is 11.9. The topological polar surface area (TPSA) is 56.4 Å². The minimum Gasteiger partial charge on any atom is -0.384 e. The van der Waals surface area contributed by atoms with Crippen molar-refractivity contribution in [3.63, 3.8) is 0 Å². The SMILES string of the molecule is CCC1CN(Cc2ccc(C(=N)N)cc2)CCN1C. The van der Waals surface area contributed by atoms with E-state index in [4.69, 9.17) is 11.1 Å². The average Bonchev–Trinajstić information content (AvgIpc) is 2.41. The number of hydrogen-bond acceptors (Lipinski definition) is 3. The Morgan fingerprint density at radius 3 is 2.58 bits per heavy atom. The fourth-order valence-corrected chi connectivity index (χ4v) is 2.64. The second-order valence-corrected chi connectivity index (χ2v) is 5.39. The van der Waals surface area contributed by atoms with Gasteiger partial charge in [0, 0.05) is 37.8 Å². The first-order chi connectivity index (χ1) is 9.10. The molecule has 1 aromatic rings. The van der Waals surface area contributed by atoms with Gasteiger partial charge in [0.15, 0.2) is 0 Å². The van der Waals surface area contributed by atoms with E-state index in [9.17, 15) is 0 Å². The number of nitrogens with one attached hydrogen (secondary N) is 1. The van der Waals surface area contributed by atoms with Crippen molar-refractivity contribution in [3.8, 4) is 0 Å². The van der Waals surface area contributed by atoms with Gasteiger partial charge >= 0.3 is 0 Å². The Morgan fingerprint density at radius 2 is 2.00 bits per heavy atom. The Morgan fingerprint density at radius 1 is 1.32 bits per heavy atom. The first kappa shape index (κ1) is 14.0. The second kappa shape index (κ2) is 6.17. The Kier molecular flexibility index (Phi) is 4.56. The predicted octanol–water partition coefficient (Wildman–Crippen LogP) is 1.50. The number of likely N-dealkylation sites (N-methyl/N-ethyl adjacent to an activating group) is 1. The van der Waals surface area contributed by atoms with E-state index in [1.165, 1.54) is 12.0 Å². The molecule has 1 fully saturated rings. The number of benzene rings is 1. The molecule has 3 N–H and O–H groups in total. The van der Waals surface area contributed by atoms with Crippen LogP contribution in [0.2, 0.25) is 0 Å². The Bertz CT molecular complexity index is 426. The van der Waals surface area contributed by atoms with Crippen molar-refractivity contribution in [2.24, 2.45) is 5.73 Å². The van der Waals surface area contributed by atoms with Crippen molar-refractivity contribution in [3.05, 3.63) is 35.4 Å². The standard InChI is InChI=1S/C15H24N4/c1-3-14-11-19(9-8-18(14)2)10-12-4-6-13(7-5-12)15(16)17/h4-7,14H,3,8-11H2,1-2H3,(H3,16,17). The van der Waals surface area contributed by atoms with Crippen LogP contribution in [0.15, 0.2) is 24.3 Å². The summed E-state index contributed by atoms with van der Waals surface area (Å²) in [6.45, 7) is 6.65. The summed E-state index contributed by atoms with van der Waals surface area (Å²) in [5.74, 6) is 0.136. The molecule has 4 heteroatoms. The number of nitrogens with two attached hydrogens (primary N) is 1. The van der Waals surface area contributed by atoms with Crippen LogP contribution in [0.4, 0.5) is 0 Å². The van der Waals surface area contributed by atoms with Crippen molar-refractivity contribution in [1.82, 2.24) is 9.80 Å². The van der Waals surface area contributed by atoms with Gasteiger partial charge in [-0.25, -0.2) is 0 Å². The smallest absolute Gasteiger partial charge is 0.122 e. The summed E-state index contributed by atoms with van der Waals surface area (Å²) in [5, 5.41) is 7.39. The highest BCUT2D eigenvalue weighted by molar-refractivity contribution is 5.94. The predicted molar refractivity (Wildman–Crippen MR) is 79.4 cm³/mol. The van der Waals surface area contributed by atoms with Crippen LogP contribution in [-0.2, 0) is 6.54 Å². The van der Waals surface area contributed by atoms with Gasteiger partial charge in [0.25, 0.3) is 0 Å². The molecule has 19 heavy (non-hydrogen) atoms. The van der Waals surface area contributed by atoms with E-state index in [0.29, 0.717) is 6.04 Å². The fourth-order valence-electron chi connectivity index (χ4n) is 2.64. The molecule has 1 heterocycles. The van der Waals surface area contributed by atoms with Gasteiger partial charge < -0.3 is 10.6 Å². The van der Waals surface area contributed by atoms with Crippen LogP contribution >= 0.6 is 0 Å². The maximum Gasteiger partial charge on any atom is 0.122 e. The summed E-state index contributed by atoms with van der Waals surface area (Å²) in [6, 6.07) is 8.70. The molecule has 1 aliphatic rings. The lowest BCUT2D eigenvalue weighted by atomic mass is 10.1. The van der Waals surface area contributed by atoms with Gasteiger partial charge in [0.05, 0.1) is 0 Å². The molecule has 4 nitrogen and oxygen atoms in total. The molecule has 0 spiro atoms. The summed E-state index contributed by atoms with van der Waals surface area (Å²) in [7, 11) is 2.22. The molecular formula is C15H24N4. The van der Waals surface area contributed by atoms with Crippen molar-refractivity contribution < 1.29 is 0 Å². The maximum absolute atomic E-state index is 7.39. The quantitative estimate of drug-likeness (QED) is 0.637. The van der Waals surface area contributed by atoms with Gasteiger partial charge in [-0.05, 0) is 19.0 Å². The van der Waals surface area contributed by atoms with Crippen LogP contribution in [0.5, 0.6) is 0 Å². The van der Waals surface area contributed by atoms with E-state index in [1.54, 1.807) is 0 Å². The lowest BCUT2D eigenvalue weighted by Crippen LogP contribution is -2.50. The molecular weight excluding hydrogens is 236 g/mol. The highest BCUT2D eigenvalue weighted by atomic mass is 15.3. The van der Waals surface area contributed by atoms with E-state index < -0.39 is 0 Å². The molecule has 0 aromatic heterocycles. The molecule has 2 rings (SSSR count). The number of amidine groups is 1. The van der Waals surface area contributed by atoms with Gasteiger partial charge in [0.2, 0.25) is 0 Å².